The van der Waals surface area contributed by atoms with Gasteiger partial charge in [0.25, 0.3) is 0 Å². The molecule has 2 unspecified atom stereocenters. The molecule has 0 aliphatic heterocycles. The molecule has 1 aliphatic rings. The lowest BCUT2D eigenvalue weighted by Crippen LogP contribution is -2.54. The summed E-state index contributed by atoms with van der Waals surface area (Å²) in [5.41, 5.74) is 4.44. The fraction of sp³-hybridized carbons (Fsp3) is 0.444. The molecule has 8 nitrogen and oxygen atoms in total. The van der Waals surface area contributed by atoms with Gasteiger partial charge in [0.2, 0.25) is 5.91 Å². The number of rotatable bonds is 12. The second kappa shape index (κ2) is 12.4. The zero-order valence-electron chi connectivity index (χ0n) is 20.5. The number of hydrogen-bond acceptors (Lipinski definition) is 5. The van der Waals surface area contributed by atoms with E-state index in [4.69, 9.17) is 9.47 Å². The average molecular weight is 483 g/mol. The first-order valence-corrected chi connectivity index (χ1v) is 12.0. The highest BCUT2D eigenvalue weighted by molar-refractivity contribution is 5.89. The van der Waals surface area contributed by atoms with Gasteiger partial charge >= 0.3 is 12.1 Å². The Morgan fingerprint density at radius 1 is 1.00 bits per heavy atom. The standard InChI is InChI=1S/C27H34N2O6/c1-4-17(2)24(25(30)28-23(26(31)32)14-9-15-34-3)29-27(33)35-16-22-20-12-7-5-10-18(20)19-11-6-8-13-21(19)22/h5-8,10-13,17,22-24H,4,9,14-16H2,1-3H3,(H,28,30)(H,29,33)(H,31,32)/t17?,23?,24-/m0/s1. The molecule has 3 N–H and O–H groups in total. The van der Waals surface area contributed by atoms with Crippen LogP contribution in [0.15, 0.2) is 48.5 Å². The van der Waals surface area contributed by atoms with Crippen molar-refractivity contribution in [2.75, 3.05) is 20.3 Å². The number of benzene rings is 2. The third kappa shape index (κ3) is 6.39. The fourth-order valence-electron chi connectivity index (χ4n) is 4.42. The number of fused-ring (bicyclic) bond motifs is 3. The topological polar surface area (TPSA) is 114 Å². The van der Waals surface area contributed by atoms with Crippen molar-refractivity contribution in [3.8, 4) is 11.1 Å². The molecule has 0 saturated carbocycles. The van der Waals surface area contributed by atoms with Gasteiger partial charge in [-0.25, -0.2) is 9.59 Å². The smallest absolute Gasteiger partial charge is 0.407 e. The minimum Gasteiger partial charge on any atom is -0.480 e. The van der Waals surface area contributed by atoms with Crippen LogP contribution >= 0.6 is 0 Å². The number of methoxy groups -OCH3 is 1. The van der Waals surface area contributed by atoms with Crippen molar-refractivity contribution >= 4 is 18.0 Å². The summed E-state index contributed by atoms with van der Waals surface area (Å²) in [4.78, 5) is 37.3. The molecule has 0 aromatic heterocycles. The first-order valence-electron chi connectivity index (χ1n) is 12.0. The molecule has 3 atom stereocenters. The predicted molar refractivity (Wildman–Crippen MR) is 132 cm³/mol. The Balaban J connectivity index is 1.65. The molecule has 3 rings (SSSR count). The Bertz CT molecular complexity index is 994. The molecule has 188 valence electrons. The molecule has 0 radical (unpaired) electrons. The highest BCUT2D eigenvalue weighted by atomic mass is 16.5. The summed E-state index contributed by atoms with van der Waals surface area (Å²) in [5, 5.41) is 14.7. The van der Waals surface area contributed by atoms with Crippen LogP contribution in [-0.2, 0) is 19.1 Å². The van der Waals surface area contributed by atoms with Gasteiger partial charge in [0.05, 0.1) is 0 Å². The van der Waals surface area contributed by atoms with Gasteiger partial charge < -0.3 is 25.2 Å². The van der Waals surface area contributed by atoms with Gasteiger partial charge in [0.15, 0.2) is 0 Å². The first-order chi connectivity index (χ1) is 16.9. The molecular weight excluding hydrogens is 448 g/mol. The quantitative estimate of drug-likeness (QED) is 0.395. The molecule has 2 amide bonds. The van der Waals surface area contributed by atoms with Crippen LogP contribution in [0.2, 0.25) is 0 Å². The van der Waals surface area contributed by atoms with E-state index >= 15 is 0 Å². The zero-order valence-corrected chi connectivity index (χ0v) is 20.5. The predicted octanol–water partition coefficient (Wildman–Crippen LogP) is 3.94. The fourth-order valence-corrected chi connectivity index (χ4v) is 4.42. The van der Waals surface area contributed by atoms with E-state index in [0.29, 0.717) is 19.4 Å². The summed E-state index contributed by atoms with van der Waals surface area (Å²) in [5.74, 6) is -1.98. The van der Waals surface area contributed by atoms with Crippen molar-refractivity contribution in [3.05, 3.63) is 59.7 Å². The van der Waals surface area contributed by atoms with Crippen molar-refractivity contribution < 1.29 is 29.0 Å². The summed E-state index contributed by atoms with van der Waals surface area (Å²) in [7, 11) is 1.53. The first kappa shape index (κ1) is 26.2. The molecule has 2 aromatic rings. The van der Waals surface area contributed by atoms with Crippen molar-refractivity contribution in [3.63, 3.8) is 0 Å². The van der Waals surface area contributed by atoms with Crippen molar-refractivity contribution in [1.29, 1.82) is 0 Å². The number of carbonyl (C=O) groups is 3. The van der Waals surface area contributed by atoms with Gasteiger partial charge in [-0.1, -0.05) is 68.8 Å². The minimum absolute atomic E-state index is 0.0961. The summed E-state index contributed by atoms with van der Waals surface area (Å²) in [6.45, 7) is 4.25. The van der Waals surface area contributed by atoms with E-state index in [2.05, 4.69) is 22.8 Å². The normalized spacial score (nSPS) is 14.8. The third-order valence-electron chi connectivity index (χ3n) is 6.57. The second-order valence-electron chi connectivity index (χ2n) is 8.87. The van der Waals surface area contributed by atoms with Crippen LogP contribution in [-0.4, -0.2) is 55.5 Å². The molecule has 1 aliphatic carbocycles. The Kier molecular flexibility index (Phi) is 9.25. The molecule has 2 aromatic carbocycles. The van der Waals surface area contributed by atoms with Crippen molar-refractivity contribution in [2.24, 2.45) is 5.92 Å². The number of alkyl carbamates (subject to hydrolysis) is 1. The third-order valence-corrected chi connectivity index (χ3v) is 6.57. The van der Waals surface area contributed by atoms with E-state index in [0.717, 1.165) is 22.3 Å². The van der Waals surface area contributed by atoms with Crippen LogP contribution < -0.4 is 10.6 Å². The van der Waals surface area contributed by atoms with Gasteiger partial charge in [-0.2, -0.15) is 0 Å². The van der Waals surface area contributed by atoms with Crippen LogP contribution in [0, 0.1) is 5.92 Å². The van der Waals surface area contributed by atoms with Crippen LogP contribution in [0.25, 0.3) is 11.1 Å². The summed E-state index contributed by atoms with van der Waals surface area (Å²) >= 11 is 0. The van der Waals surface area contributed by atoms with Gasteiger partial charge in [0, 0.05) is 19.6 Å². The number of carboxylic acid groups (broad SMARTS) is 1. The molecule has 0 spiro atoms. The maximum atomic E-state index is 12.9. The van der Waals surface area contributed by atoms with Crippen LogP contribution in [0.1, 0.15) is 50.2 Å². The Morgan fingerprint density at radius 2 is 1.60 bits per heavy atom. The SMILES string of the molecule is CCC(C)[C@H](NC(=O)OCC1c2ccccc2-c2ccccc21)C(=O)NC(CCCOC)C(=O)O. The summed E-state index contributed by atoms with van der Waals surface area (Å²) in [6.07, 6.45) is 0.621. The molecule has 0 bridgehead atoms. The number of carbonyl (C=O) groups excluding carboxylic acids is 2. The molecule has 0 fully saturated rings. The summed E-state index contributed by atoms with van der Waals surface area (Å²) in [6, 6.07) is 14.1. The van der Waals surface area contributed by atoms with Crippen molar-refractivity contribution in [1.82, 2.24) is 10.6 Å². The number of amides is 2. The van der Waals surface area contributed by atoms with E-state index in [1.54, 1.807) is 0 Å². The molecule has 35 heavy (non-hydrogen) atoms. The maximum absolute atomic E-state index is 12.9. The molecular formula is C27H34N2O6. The molecule has 8 heteroatoms. The lowest BCUT2D eigenvalue weighted by molar-refractivity contribution is -0.142. The number of carboxylic acids is 1. The van der Waals surface area contributed by atoms with E-state index in [1.165, 1.54) is 7.11 Å². The minimum atomic E-state index is -1.13. The van der Waals surface area contributed by atoms with Gasteiger partial charge in [-0.05, 0) is 41.0 Å². The Morgan fingerprint density at radius 3 is 2.14 bits per heavy atom. The lowest BCUT2D eigenvalue weighted by Gasteiger charge is -2.25. The Hall–Kier alpha value is -3.39. The maximum Gasteiger partial charge on any atom is 0.407 e. The van der Waals surface area contributed by atoms with E-state index in [1.807, 2.05) is 50.2 Å². The van der Waals surface area contributed by atoms with E-state index < -0.39 is 30.1 Å². The van der Waals surface area contributed by atoms with Gasteiger partial charge in [-0.3, -0.25) is 4.79 Å². The second-order valence-corrected chi connectivity index (χ2v) is 8.87. The number of nitrogens with one attached hydrogen (secondary N) is 2. The lowest BCUT2D eigenvalue weighted by atomic mass is 9.97. The largest absolute Gasteiger partial charge is 0.480 e. The molecule has 0 heterocycles. The van der Waals surface area contributed by atoms with Crippen LogP contribution in [0.4, 0.5) is 4.79 Å². The monoisotopic (exact) mass is 482 g/mol. The van der Waals surface area contributed by atoms with Gasteiger partial charge in [-0.15, -0.1) is 0 Å². The summed E-state index contributed by atoms with van der Waals surface area (Å²) < 4.78 is 10.6. The number of hydrogen-bond donors (Lipinski definition) is 3. The van der Waals surface area contributed by atoms with Crippen LogP contribution in [0.3, 0.4) is 0 Å². The zero-order chi connectivity index (χ0) is 25.4. The van der Waals surface area contributed by atoms with E-state index in [-0.39, 0.29) is 24.9 Å². The number of ether oxygens (including phenoxy) is 2. The van der Waals surface area contributed by atoms with Gasteiger partial charge in [0.1, 0.15) is 18.7 Å². The highest BCUT2D eigenvalue weighted by Gasteiger charge is 2.32. The van der Waals surface area contributed by atoms with E-state index in [9.17, 15) is 19.5 Å². The van der Waals surface area contributed by atoms with Crippen molar-refractivity contribution in [2.45, 2.75) is 51.1 Å². The Labute approximate surface area is 206 Å². The van der Waals surface area contributed by atoms with Crippen LogP contribution in [0.5, 0.6) is 0 Å². The highest BCUT2D eigenvalue weighted by Crippen LogP contribution is 2.44. The average Bonchev–Trinajstić information content (AvgIpc) is 3.18. The number of aliphatic carboxylic acids is 1. The molecule has 0 saturated heterocycles.